The lowest BCUT2D eigenvalue weighted by Crippen LogP contribution is -2.16. The van der Waals surface area contributed by atoms with Gasteiger partial charge in [0.15, 0.2) is 0 Å². The average molecular weight is 128 g/mol. The fraction of sp³-hybridized carbons (Fsp3) is 0.200. The number of primary amides is 1. The van der Waals surface area contributed by atoms with E-state index in [1.165, 1.54) is 6.92 Å². The van der Waals surface area contributed by atoms with Gasteiger partial charge >= 0.3 is 0 Å². The molecular formula is C5H8N2O2. The van der Waals surface area contributed by atoms with Gasteiger partial charge < -0.3 is 16.2 Å². The molecule has 0 aromatic carbocycles. The van der Waals surface area contributed by atoms with Crippen LogP contribution in [-0.2, 0) is 4.79 Å². The summed E-state index contributed by atoms with van der Waals surface area (Å²) in [7, 11) is 0. The van der Waals surface area contributed by atoms with Gasteiger partial charge in [0, 0.05) is 6.21 Å². The number of aliphatic hydroxyl groups is 1. The van der Waals surface area contributed by atoms with Crippen LogP contribution in [0.5, 0.6) is 0 Å². The molecule has 4 nitrogen and oxygen atoms in total. The van der Waals surface area contributed by atoms with Crippen LogP contribution in [0.3, 0.4) is 0 Å². The molecule has 4 heteroatoms. The molecular weight excluding hydrogens is 120 g/mol. The second kappa shape index (κ2) is 2.86. The Hall–Kier alpha value is -1.32. The SMILES string of the molecule is C/C(O)=C(/C=N)C(N)=O. The van der Waals surface area contributed by atoms with Crippen molar-refractivity contribution < 1.29 is 9.90 Å². The highest BCUT2D eigenvalue weighted by Gasteiger charge is 2.03. The van der Waals surface area contributed by atoms with Crippen LogP contribution in [0.2, 0.25) is 0 Å². The molecule has 0 aliphatic carbocycles. The molecule has 0 atom stereocenters. The summed E-state index contributed by atoms with van der Waals surface area (Å²) in [6.07, 6.45) is 0.720. The van der Waals surface area contributed by atoms with Crippen LogP contribution in [0.25, 0.3) is 0 Å². The van der Waals surface area contributed by atoms with Gasteiger partial charge in [-0.25, -0.2) is 0 Å². The van der Waals surface area contributed by atoms with Crippen molar-refractivity contribution >= 4 is 12.1 Å². The van der Waals surface area contributed by atoms with E-state index in [1.54, 1.807) is 0 Å². The third kappa shape index (κ3) is 1.94. The Labute approximate surface area is 52.5 Å². The molecule has 0 spiro atoms. The first-order valence-electron chi connectivity index (χ1n) is 2.29. The van der Waals surface area contributed by atoms with Crippen molar-refractivity contribution in [3.05, 3.63) is 11.3 Å². The Kier molecular flexibility index (Phi) is 2.44. The van der Waals surface area contributed by atoms with Gasteiger partial charge in [-0.3, -0.25) is 4.79 Å². The lowest BCUT2D eigenvalue weighted by atomic mass is 10.2. The lowest BCUT2D eigenvalue weighted by Gasteiger charge is -1.93. The maximum atomic E-state index is 10.2. The van der Waals surface area contributed by atoms with Crippen molar-refractivity contribution in [2.75, 3.05) is 0 Å². The van der Waals surface area contributed by atoms with Crippen molar-refractivity contribution in [3.63, 3.8) is 0 Å². The molecule has 0 bridgehead atoms. The number of nitrogens with one attached hydrogen (secondary N) is 1. The van der Waals surface area contributed by atoms with Crippen LogP contribution >= 0.6 is 0 Å². The second-order valence-corrected chi connectivity index (χ2v) is 1.51. The summed E-state index contributed by atoms with van der Waals surface area (Å²) in [5.74, 6) is -1.01. The molecule has 9 heavy (non-hydrogen) atoms. The standard InChI is InChI=1S/C5H8N2O2/c1-3(8)4(2-6)5(7)9/h2,6,8H,1H3,(H2,7,9)/b4-3+,6-2?. The summed E-state index contributed by atoms with van der Waals surface area (Å²) in [5.41, 5.74) is 4.58. The number of carbonyl (C=O) groups is 1. The topological polar surface area (TPSA) is 87.2 Å². The molecule has 0 saturated carbocycles. The molecule has 1 amide bonds. The summed E-state index contributed by atoms with van der Waals surface area (Å²) >= 11 is 0. The molecule has 0 saturated heterocycles. The number of nitrogens with two attached hydrogens (primary N) is 1. The number of allylic oxidation sites excluding steroid dienone is 1. The molecule has 0 unspecified atom stereocenters. The zero-order valence-corrected chi connectivity index (χ0v) is 5.01. The summed E-state index contributed by atoms with van der Waals surface area (Å²) in [4.78, 5) is 10.2. The van der Waals surface area contributed by atoms with Crippen molar-refractivity contribution in [1.29, 1.82) is 5.41 Å². The van der Waals surface area contributed by atoms with E-state index in [0.717, 1.165) is 6.21 Å². The van der Waals surface area contributed by atoms with Crippen LogP contribution < -0.4 is 5.73 Å². The third-order valence-corrected chi connectivity index (χ3v) is 0.800. The predicted molar refractivity (Wildman–Crippen MR) is 33.3 cm³/mol. The zero-order chi connectivity index (χ0) is 7.44. The van der Waals surface area contributed by atoms with Gasteiger partial charge in [0.1, 0.15) is 5.76 Å². The Morgan fingerprint density at radius 1 is 1.78 bits per heavy atom. The Morgan fingerprint density at radius 2 is 2.22 bits per heavy atom. The number of hydrogen-bond acceptors (Lipinski definition) is 3. The van der Waals surface area contributed by atoms with Crippen LogP contribution in [0, 0.1) is 5.41 Å². The van der Waals surface area contributed by atoms with E-state index in [2.05, 4.69) is 0 Å². The van der Waals surface area contributed by atoms with E-state index >= 15 is 0 Å². The minimum atomic E-state index is -0.787. The van der Waals surface area contributed by atoms with Gasteiger partial charge in [0.25, 0.3) is 5.91 Å². The van der Waals surface area contributed by atoms with Gasteiger partial charge in [0.2, 0.25) is 0 Å². The van der Waals surface area contributed by atoms with Crippen molar-refractivity contribution in [3.8, 4) is 0 Å². The number of amides is 1. The quantitative estimate of drug-likeness (QED) is 0.276. The Bertz CT molecular complexity index is 168. The second-order valence-electron chi connectivity index (χ2n) is 1.51. The highest BCUT2D eigenvalue weighted by atomic mass is 16.3. The molecule has 0 aliphatic heterocycles. The van der Waals surface area contributed by atoms with E-state index in [0.29, 0.717) is 0 Å². The fourth-order valence-corrected chi connectivity index (χ4v) is 0.354. The fourth-order valence-electron chi connectivity index (χ4n) is 0.354. The molecule has 0 heterocycles. The van der Waals surface area contributed by atoms with E-state index in [9.17, 15) is 4.79 Å². The van der Waals surface area contributed by atoms with Crippen molar-refractivity contribution in [2.45, 2.75) is 6.92 Å². The maximum absolute atomic E-state index is 10.2. The first-order chi connectivity index (χ1) is 4.09. The summed E-state index contributed by atoms with van der Waals surface area (Å²) < 4.78 is 0. The van der Waals surface area contributed by atoms with Crippen molar-refractivity contribution in [1.82, 2.24) is 0 Å². The smallest absolute Gasteiger partial charge is 0.253 e. The average Bonchev–Trinajstić information content (AvgIpc) is 1.64. The van der Waals surface area contributed by atoms with Crippen molar-refractivity contribution in [2.24, 2.45) is 5.73 Å². The van der Waals surface area contributed by atoms with Gasteiger partial charge in [-0.1, -0.05) is 0 Å². The zero-order valence-electron chi connectivity index (χ0n) is 5.01. The number of hydrogen-bond donors (Lipinski definition) is 3. The van der Waals surface area contributed by atoms with E-state index in [1.807, 2.05) is 0 Å². The minimum absolute atomic E-state index is 0.157. The molecule has 0 radical (unpaired) electrons. The van der Waals surface area contributed by atoms with E-state index < -0.39 is 5.91 Å². The minimum Gasteiger partial charge on any atom is -0.512 e. The number of aliphatic hydroxyl groups excluding tert-OH is 1. The van der Waals surface area contributed by atoms with E-state index in [4.69, 9.17) is 16.2 Å². The number of carbonyl (C=O) groups excluding carboxylic acids is 1. The summed E-state index contributed by atoms with van der Waals surface area (Å²) in [6, 6.07) is 0. The molecule has 0 fully saturated rings. The summed E-state index contributed by atoms with van der Waals surface area (Å²) in [6.45, 7) is 1.30. The van der Waals surface area contributed by atoms with Crippen LogP contribution in [0.4, 0.5) is 0 Å². The van der Waals surface area contributed by atoms with Gasteiger partial charge in [-0.15, -0.1) is 0 Å². The molecule has 0 aliphatic rings. The van der Waals surface area contributed by atoms with Crippen LogP contribution in [0.15, 0.2) is 11.3 Å². The van der Waals surface area contributed by atoms with Crippen LogP contribution in [-0.4, -0.2) is 17.2 Å². The molecule has 0 aromatic rings. The number of rotatable bonds is 2. The Balaban J connectivity index is 4.55. The van der Waals surface area contributed by atoms with Gasteiger partial charge in [0.05, 0.1) is 5.57 Å². The molecule has 50 valence electrons. The lowest BCUT2D eigenvalue weighted by molar-refractivity contribution is -0.114. The van der Waals surface area contributed by atoms with Crippen LogP contribution in [0.1, 0.15) is 6.92 Å². The third-order valence-electron chi connectivity index (χ3n) is 0.800. The maximum Gasteiger partial charge on any atom is 0.253 e. The van der Waals surface area contributed by atoms with E-state index in [-0.39, 0.29) is 11.3 Å². The predicted octanol–water partition coefficient (Wildman–Crippen LogP) is -0.0467. The van der Waals surface area contributed by atoms with Gasteiger partial charge in [-0.05, 0) is 6.92 Å². The largest absolute Gasteiger partial charge is 0.512 e. The monoisotopic (exact) mass is 128 g/mol. The highest BCUT2D eigenvalue weighted by Crippen LogP contribution is 1.94. The van der Waals surface area contributed by atoms with Gasteiger partial charge in [-0.2, -0.15) is 0 Å². The first kappa shape index (κ1) is 7.68. The molecule has 0 aromatic heterocycles. The first-order valence-corrected chi connectivity index (χ1v) is 2.29. The highest BCUT2D eigenvalue weighted by molar-refractivity contribution is 6.10. The molecule has 0 rings (SSSR count). The Morgan fingerprint density at radius 3 is 2.22 bits per heavy atom. The summed E-state index contributed by atoms with van der Waals surface area (Å²) in [5, 5.41) is 15.2. The molecule has 4 N–H and O–H groups in total. The normalized spacial score (nSPS) is 12.1.